The van der Waals surface area contributed by atoms with Gasteiger partial charge in [0.2, 0.25) is 0 Å². The van der Waals surface area contributed by atoms with Crippen molar-refractivity contribution in [3.05, 3.63) is 35.0 Å². The molecule has 0 aliphatic heterocycles. The van der Waals surface area contributed by atoms with Crippen LogP contribution in [-0.4, -0.2) is 4.98 Å². The molecule has 0 unspecified atom stereocenters. The maximum Gasteiger partial charge on any atom is 0.292 e. The Kier molecular flexibility index (Phi) is 2.17. The number of rotatable bonds is 1. The van der Waals surface area contributed by atoms with Gasteiger partial charge in [-0.3, -0.25) is 0 Å². The number of nitrogen functional groups attached to an aromatic ring is 1. The topological polar surface area (TPSA) is 52.0 Å². The Bertz CT molecular complexity index is 445. The van der Waals surface area contributed by atoms with Gasteiger partial charge in [0.15, 0.2) is 5.76 Å². The van der Waals surface area contributed by atoms with E-state index in [-0.39, 0.29) is 6.01 Å². The van der Waals surface area contributed by atoms with Crippen LogP contribution in [0.2, 0.25) is 5.02 Å². The van der Waals surface area contributed by atoms with Crippen LogP contribution in [0.1, 0.15) is 5.56 Å². The zero-order valence-electron chi connectivity index (χ0n) is 7.62. The van der Waals surface area contributed by atoms with Gasteiger partial charge in [-0.2, -0.15) is 0 Å². The molecule has 3 nitrogen and oxygen atoms in total. The predicted octanol–water partition coefficient (Wildman–Crippen LogP) is 2.89. The summed E-state index contributed by atoms with van der Waals surface area (Å²) in [7, 11) is 0. The molecule has 0 radical (unpaired) electrons. The molecule has 1 heterocycles. The fourth-order valence-electron chi connectivity index (χ4n) is 1.35. The summed E-state index contributed by atoms with van der Waals surface area (Å²) in [6.07, 6.45) is 1.57. The second-order valence-corrected chi connectivity index (χ2v) is 3.40. The van der Waals surface area contributed by atoms with Crippen molar-refractivity contribution in [3.63, 3.8) is 0 Å². The lowest BCUT2D eigenvalue weighted by Gasteiger charge is -2.03. The van der Waals surface area contributed by atoms with Gasteiger partial charge in [-0.1, -0.05) is 23.7 Å². The summed E-state index contributed by atoms with van der Waals surface area (Å²) in [4.78, 5) is 3.83. The van der Waals surface area contributed by atoms with E-state index in [0.29, 0.717) is 10.8 Å². The summed E-state index contributed by atoms with van der Waals surface area (Å²) in [5.74, 6) is 0.602. The summed E-state index contributed by atoms with van der Waals surface area (Å²) in [6, 6.07) is 5.81. The molecule has 0 saturated carbocycles. The Morgan fingerprint density at radius 3 is 2.79 bits per heavy atom. The number of nitrogens with two attached hydrogens (primary N) is 1. The first-order valence-electron chi connectivity index (χ1n) is 4.15. The van der Waals surface area contributed by atoms with Crippen LogP contribution < -0.4 is 5.73 Å². The van der Waals surface area contributed by atoms with Crippen molar-refractivity contribution in [2.24, 2.45) is 0 Å². The Morgan fingerprint density at radius 2 is 2.21 bits per heavy atom. The van der Waals surface area contributed by atoms with Crippen LogP contribution in [0.25, 0.3) is 11.3 Å². The number of nitrogens with zero attached hydrogens (tertiary/aromatic N) is 1. The minimum Gasteiger partial charge on any atom is -0.424 e. The molecule has 0 bridgehead atoms. The highest BCUT2D eigenvalue weighted by atomic mass is 35.5. The van der Waals surface area contributed by atoms with Crippen LogP contribution in [0.4, 0.5) is 6.01 Å². The number of aryl methyl sites for hydroxylation is 1. The molecular weight excluding hydrogens is 200 g/mol. The number of oxazole rings is 1. The molecule has 2 N–H and O–H groups in total. The van der Waals surface area contributed by atoms with Gasteiger partial charge in [-0.05, 0) is 18.6 Å². The lowest BCUT2D eigenvalue weighted by atomic mass is 10.1. The Hall–Kier alpha value is -1.48. The van der Waals surface area contributed by atoms with Gasteiger partial charge in [0.25, 0.3) is 6.01 Å². The summed E-state index contributed by atoms with van der Waals surface area (Å²) in [5, 5.41) is 0.640. The Morgan fingerprint density at radius 1 is 1.43 bits per heavy atom. The van der Waals surface area contributed by atoms with Crippen molar-refractivity contribution in [2.45, 2.75) is 6.92 Å². The SMILES string of the molecule is Cc1cccc(Cl)c1-c1cnc(N)o1. The molecule has 0 amide bonds. The normalized spacial score (nSPS) is 10.4. The summed E-state index contributed by atoms with van der Waals surface area (Å²) in [6.45, 7) is 1.96. The van der Waals surface area contributed by atoms with Crippen molar-refractivity contribution in [2.75, 3.05) is 5.73 Å². The first-order valence-corrected chi connectivity index (χ1v) is 4.53. The third kappa shape index (κ3) is 1.46. The molecule has 72 valence electrons. The zero-order valence-corrected chi connectivity index (χ0v) is 8.38. The predicted molar refractivity (Wildman–Crippen MR) is 56.1 cm³/mol. The van der Waals surface area contributed by atoms with Gasteiger partial charge in [0.1, 0.15) is 0 Å². The highest BCUT2D eigenvalue weighted by Crippen LogP contribution is 2.31. The average Bonchev–Trinajstić information content (AvgIpc) is 2.51. The first kappa shape index (κ1) is 9.09. The molecule has 1 aromatic heterocycles. The van der Waals surface area contributed by atoms with Crippen LogP contribution in [-0.2, 0) is 0 Å². The van der Waals surface area contributed by atoms with Gasteiger partial charge in [-0.15, -0.1) is 0 Å². The van der Waals surface area contributed by atoms with E-state index >= 15 is 0 Å². The minimum absolute atomic E-state index is 0.152. The van der Waals surface area contributed by atoms with Crippen molar-refractivity contribution >= 4 is 17.6 Å². The van der Waals surface area contributed by atoms with E-state index in [4.69, 9.17) is 21.8 Å². The van der Waals surface area contributed by atoms with Crippen LogP contribution in [0, 0.1) is 6.92 Å². The average molecular weight is 209 g/mol. The molecule has 1 aromatic carbocycles. The molecule has 2 rings (SSSR count). The van der Waals surface area contributed by atoms with Crippen LogP contribution >= 0.6 is 11.6 Å². The quantitative estimate of drug-likeness (QED) is 0.784. The number of anilines is 1. The van der Waals surface area contributed by atoms with E-state index in [1.807, 2.05) is 25.1 Å². The molecule has 0 aliphatic rings. The van der Waals surface area contributed by atoms with E-state index in [0.717, 1.165) is 11.1 Å². The van der Waals surface area contributed by atoms with Gasteiger partial charge in [0, 0.05) is 5.56 Å². The van der Waals surface area contributed by atoms with Gasteiger partial charge < -0.3 is 10.2 Å². The maximum atomic E-state index is 6.04. The van der Waals surface area contributed by atoms with E-state index in [9.17, 15) is 0 Å². The van der Waals surface area contributed by atoms with E-state index in [1.54, 1.807) is 6.20 Å². The Balaban J connectivity index is 2.61. The van der Waals surface area contributed by atoms with Gasteiger partial charge >= 0.3 is 0 Å². The third-order valence-corrected chi connectivity index (χ3v) is 2.31. The van der Waals surface area contributed by atoms with E-state index in [2.05, 4.69) is 4.98 Å². The first-order chi connectivity index (χ1) is 6.68. The largest absolute Gasteiger partial charge is 0.424 e. The fourth-order valence-corrected chi connectivity index (χ4v) is 1.66. The molecule has 0 aliphatic carbocycles. The zero-order chi connectivity index (χ0) is 10.1. The number of halogens is 1. The van der Waals surface area contributed by atoms with Crippen LogP contribution in [0.15, 0.2) is 28.8 Å². The van der Waals surface area contributed by atoms with Crippen LogP contribution in [0.5, 0.6) is 0 Å². The van der Waals surface area contributed by atoms with Gasteiger partial charge in [-0.25, -0.2) is 4.98 Å². The van der Waals surface area contributed by atoms with Crippen molar-refractivity contribution in [1.29, 1.82) is 0 Å². The van der Waals surface area contributed by atoms with E-state index in [1.165, 1.54) is 0 Å². The number of hydrogen-bond donors (Lipinski definition) is 1. The second-order valence-electron chi connectivity index (χ2n) is 2.99. The molecule has 14 heavy (non-hydrogen) atoms. The van der Waals surface area contributed by atoms with Crippen LogP contribution in [0.3, 0.4) is 0 Å². The van der Waals surface area contributed by atoms with Crippen molar-refractivity contribution in [3.8, 4) is 11.3 Å². The smallest absolute Gasteiger partial charge is 0.292 e. The molecular formula is C10H9ClN2O. The van der Waals surface area contributed by atoms with E-state index < -0.39 is 0 Å². The highest BCUT2D eigenvalue weighted by Gasteiger charge is 2.10. The summed E-state index contributed by atoms with van der Waals surface area (Å²) < 4.78 is 5.21. The molecule has 4 heteroatoms. The van der Waals surface area contributed by atoms with Crippen molar-refractivity contribution in [1.82, 2.24) is 4.98 Å². The molecule has 0 saturated heterocycles. The van der Waals surface area contributed by atoms with Crippen molar-refractivity contribution < 1.29 is 4.42 Å². The maximum absolute atomic E-state index is 6.04. The minimum atomic E-state index is 0.152. The second kappa shape index (κ2) is 3.35. The Labute approximate surface area is 86.5 Å². The molecule has 0 spiro atoms. The summed E-state index contributed by atoms with van der Waals surface area (Å²) >= 11 is 6.04. The number of aromatic nitrogens is 1. The third-order valence-electron chi connectivity index (χ3n) is 1.99. The fraction of sp³-hybridized carbons (Fsp3) is 0.100. The lowest BCUT2D eigenvalue weighted by molar-refractivity contribution is 0.594. The molecule has 2 aromatic rings. The monoisotopic (exact) mass is 208 g/mol. The molecule has 0 fully saturated rings. The summed E-state index contributed by atoms with van der Waals surface area (Å²) in [5.41, 5.74) is 7.28. The number of hydrogen-bond acceptors (Lipinski definition) is 3. The molecule has 0 atom stereocenters. The number of benzene rings is 1. The highest BCUT2D eigenvalue weighted by molar-refractivity contribution is 6.33. The standard InChI is InChI=1S/C10H9ClN2O/c1-6-3-2-4-7(11)9(6)8-5-13-10(12)14-8/h2-5H,1H3,(H2,12,13). The lowest BCUT2D eigenvalue weighted by Crippen LogP contribution is -1.82. The van der Waals surface area contributed by atoms with Gasteiger partial charge in [0.05, 0.1) is 11.2 Å².